The monoisotopic (exact) mass is 458 g/mol. The molecule has 0 aromatic heterocycles. The average Bonchev–Trinajstić information content (AvgIpc) is 2.72. The van der Waals surface area contributed by atoms with Crippen LogP contribution in [0.25, 0.3) is 5.57 Å². The van der Waals surface area contributed by atoms with Gasteiger partial charge in [0.2, 0.25) is 0 Å². The first-order valence-electron chi connectivity index (χ1n) is 12.7. The molecule has 0 heterocycles. The van der Waals surface area contributed by atoms with Gasteiger partial charge in [-0.3, -0.25) is 0 Å². The minimum atomic E-state index is -1.02. The minimum Gasteiger partial charge on any atom is -0.504 e. The van der Waals surface area contributed by atoms with Gasteiger partial charge >= 0.3 is 5.97 Å². The van der Waals surface area contributed by atoms with Crippen LogP contribution in [0.3, 0.4) is 0 Å². The summed E-state index contributed by atoms with van der Waals surface area (Å²) >= 11 is 0. The predicted octanol–water partition coefficient (Wildman–Crippen LogP) is 8.34. The number of rotatable bonds is 16. The van der Waals surface area contributed by atoms with E-state index in [9.17, 15) is 20.1 Å². The highest BCUT2D eigenvalue weighted by atomic mass is 16.4. The van der Waals surface area contributed by atoms with Crippen LogP contribution < -0.4 is 0 Å². The number of carbonyl (C=O) groups is 1. The first-order valence-corrected chi connectivity index (χ1v) is 12.7. The second kappa shape index (κ2) is 15.6. The zero-order valence-corrected chi connectivity index (χ0v) is 21.4. The van der Waals surface area contributed by atoms with Crippen molar-refractivity contribution >= 4 is 11.5 Å². The Hall–Kier alpha value is -2.23. The van der Waals surface area contributed by atoms with Crippen LogP contribution >= 0.6 is 0 Å². The number of hydrogen-bond donors (Lipinski definition) is 3. The number of phenolic OH excluding ortho intramolecular Hbond substituents is 2. The highest BCUT2D eigenvalue weighted by molar-refractivity contribution is 5.90. The van der Waals surface area contributed by atoms with Gasteiger partial charge in [-0.05, 0) is 67.2 Å². The summed E-state index contributed by atoms with van der Waals surface area (Å²) in [5.41, 5.74) is 2.46. The molecule has 0 aliphatic carbocycles. The van der Waals surface area contributed by atoms with Crippen LogP contribution in [0.4, 0.5) is 0 Å². The molecule has 4 nitrogen and oxygen atoms in total. The molecule has 0 fully saturated rings. The lowest BCUT2D eigenvalue weighted by Gasteiger charge is -2.15. The summed E-state index contributed by atoms with van der Waals surface area (Å²) in [4.78, 5) is 11.2. The summed E-state index contributed by atoms with van der Waals surface area (Å²) in [5, 5.41) is 28.4. The van der Waals surface area contributed by atoms with Gasteiger partial charge in [-0.2, -0.15) is 0 Å². The Balaban J connectivity index is 2.39. The normalized spacial score (nSPS) is 14.5. The van der Waals surface area contributed by atoms with Gasteiger partial charge in [0.15, 0.2) is 11.5 Å². The predicted molar refractivity (Wildman–Crippen MR) is 138 cm³/mol. The quantitative estimate of drug-likeness (QED) is 0.132. The van der Waals surface area contributed by atoms with Crippen LogP contribution in [-0.4, -0.2) is 21.3 Å². The molecule has 0 spiro atoms. The Kier molecular flexibility index (Phi) is 13.6. The molecule has 0 aliphatic rings. The van der Waals surface area contributed by atoms with Crippen LogP contribution in [-0.2, 0) is 4.79 Å². The zero-order valence-electron chi connectivity index (χ0n) is 21.4. The Morgan fingerprint density at radius 2 is 1.45 bits per heavy atom. The van der Waals surface area contributed by atoms with Crippen molar-refractivity contribution < 1.29 is 20.1 Å². The third-order valence-corrected chi connectivity index (χ3v) is 6.45. The van der Waals surface area contributed by atoms with Gasteiger partial charge in [-0.1, -0.05) is 90.4 Å². The number of benzene rings is 1. The van der Waals surface area contributed by atoms with Crippen molar-refractivity contribution in [3.05, 3.63) is 41.5 Å². The fourth-order valence-corrected chi connectivity index (χ4v) is 4.23. The van der Waals surface area contributed by atoms with E-state index in [2.05, 4.69) is 40.7 Å². The topological polar surface area (TPSA) is 77.8 Å². The summed E-state index contributed by atoms with van der Waals surface area (Å²) in [5.74, 6) is 0.911. The van der Waals surface area contributed by atoms with E-state index >= 15 is 0 Å². The first kappa shape index (κ1) is 28.8. The number of aliphatic carboxylic acids is 1. The number of hydrogen-bond acceptors (Lipinski definition) is 3. The van der Waals surface area contributed by atoms with Crippen molar-refractivity contribution in [2.24, 2.45) is 17.8 Å². The van der Waals surface area contributed by atoms with E-state index in [1.807, 2.05) is 0 Å². The molecule has 4 heteroatoms. The van der Waals surface area contributed by atoms with Gasteiger partial charge in [0.25, 0.3) is 0 Å². The lowest BCUT2D eigenvalue weighted by molar-refractivity contribution is -0.131. The molecule has 0 bridgehead atoms. The van der Waals surface area contributed by atoms with Crippen LogP contribution in [0.2, 0.25) is 0 Å². The minimum absolute atomic E-state index is 0.213. The molecular weight excluding hydrogens is 412 g/mol. The maximum atomic E-state index is 11.2. The summed E-state index contributed by atoms with van der Waals surface area (Å²) < 4.78 is 0. The SMILES string of the molecule is C/C(=C\C/C(=C\C(=O)O)c1ccc(O)c(O)c1)CCCC(C)CCCC(C)CCCC(C)C. The van der Waals surface area contributed by atoms with Crippen LogP contribution in [0.5, 0.6) is 11.5 Å². The first-order chi connectivity index (χ1) is 15.6. The molecule has 3 N–H and O–H groups in total. The highest BCUT2D eigenvalue weighted by Crippen LogP contribution is 2.30. The third kappa shape index (κ3) is 13.2. The van der Waals surface area contributed by atoms with E-state index in [-0.39, 0.29) is 11.5 Å². The van der Waals surface area contributed by atoms with E-state index in [0.717, 1.165) is 30.6 Å². The Morgan fingerprint density at radius 3 is 2.00 bits per heavy atom. The molecule has 0 aliphatic heterocycles. The van der Waals surface area contributed by atoms with Crippen molar-refractivity contribution in [2.75, 3.05) is 0 Å². The molecule has 33 heavy (non-hydrogen) atoms. The highest BCUT2D eigenvalue weighted by Gasteiger charge is 2.09. The van der Waals surface area contributed by atoms with Crippen molar-refractivity contribution in [3.63, 3.8) is 0 Å². The molecule has 0 radical (unpaired) electrons. The van der Waals surface area contributed by atoms with Gasteiger partial charge < -0.3 is 15.3 Å². The zero-order chi connectivity index (χ0) is 24.8. The number of aromatic hydroxyl groups is 2. The maximum absolute atomic E-state index is 11.2. The number of phenols is 2. The fraction of sp³-hybridized carbons (Fsp3) is 0.621. The molecule has 0 amide bonds. The average molecular weight is 459 g/mol. The van der Waals surface area contributed by atoms with Gasteiger partial charge in [0.1, 0.15) is 0 Å². The second-order valence-electron chi connectivity index (χ2n) is 10.3. The number of carboxylic acids is 1. The molecule has 186 valence electrons. The summed E-state index contributed by atoms with van der Waals surface area (Å²) in [6, 6.07) is 4.41. The van der Waals surface area contributed by atoms with Crippen molar-refractivity contribution in [2.45, 2.75) is 98.8 Å². The van der Waals surface area contributed by atoms with Crippen molar-refractivity contribution in [1.29, 1.82) is 0 Å². The molecular formula is C29H46O4. The molecule has 1 rings (SSSR count). The smallest absolute Gasteiger partial charge is 0.328 e. The van der Waals surface area contributed by atoms with Gasteiger partial charge in [-0.15, -0.1) is 0 Å². The van der Waals surface area contributed by atoms with E-state index in [1.54, 1.807) is 6.07 Å². The molecule has 0 saturated heterocycles. The maximum Gasteiger partial charge on any atom is 0.328 e. The standard InChI is InChI=1S/C29H46O4/c1-21(2)9-6-10-22(3)11-7-12-23(4)13-8-14-24(5)15-16-26(20-29(32)33)25-17-18-27(30)28(31)19-25/h15,17-23,30-31H,6-14,16H2,1-5H3,(H,32,33)/b24-15+,26-20+. The van der Waals surface area contributed by atoms with Crippen molar-refractivity contribution in [1.82, 2.24) is 0 Å². The van der Waals surface area contributed by atoms with E-state index in [1.165, 1.54) is 68.7 Å². The van der Waals surface area contributed by atoms with E-state index in [0.29, 0.717) is 17.6 Å². The second-order valence-corrected chi connectivity index (χ2v) is 10.3. The number of carboxylic acid groups (broad SMARTS) is 1. The van der Waals surface area contributed by atoms with Crippen LogP contribution in [0.15, 0.2) is 35.9 Å². The Labute approximate surface area is 201 Å². The molecule has 2 atom stereocenters. The summed E-state index contributed by atoms with van der Waals surface area (Å²) in [7, 11) is 0. The third-order valence-electron chi connectivity index (χ3n) is 6.45. The molecule has 0 saturated carbocycles. The lowest BCUT2D eigenvalue weighted by atomic mass is 9.91. The lowest BCUT2D eigenvalue weighted by Crippen LogP contribution is -2.00. The molecule has 2 unspecified atom stereocenters. The van der Waals surface area contributed by atoms with Gasteiger partial charge in [0, 0.05) is 6.08 Å². The van der Waals surface area contributed by atoms with Gasteiger partial charge in [-0.25, -0.2) is 4.79 Å². The summed E-state index contributed by atoms with van der Waals surface area (Å²) in [6.45, 7) is 11.4. The Bertz CT molecular complexity index is 776. The number of allylic oxidation sites excluding steroid dienone is 3. The Morgan fingerprint density at radius 1 is 0.879 bits per heavy atom. The molecule has 1 aromatic carbocycles. The van der Waals surface area contributed by atoms with Crippen LogP contribution in [0.1, 0.15) is 104 Å². The van der Waals surface area contributed by atoms with Crippen LogP contribution in [0, 0.1) is 17.8 Å². The largest absolute Gasteiger partial charge is 0.504 e. The summed E-state index contributed by atoms with van der Waals surface area (Å²) in [6.07, 6.45) is 15.1. The fourth-order valence-electron chi connectivity index (χ4n) is 4.23. The van der Waals surface area contributed by atoms with Gasteiger partial charge in [0.05, 0.1) is 0 Å². The van der Waals surface area contributed by atoms with Crippen molar-refractivity contribution in [3.8, 4) is 11.5 Å². The van der Waals surface area contributed by atoms with E-state index in [4.69, 9.17) is 0 Å². The molecule has 1 aromatic rings. The van der Waals surface area contributed by atoms with E-state index < -0.39 is 5.97 Å².